The van der Waals surface area contributed by atoms with Crippen LogP contribution >= 0.6 is 0 Å². The van der Waals surface area contributed by atoms with Crippen molar-refractivity contribution in [3.05, 3.63) is 53.6 Å². The molecule has 1 aliphatic carbocycles. The number of carbonyl (C=O) groups is 1. The lowest BCUT2D eigenvalue weighted by Crippen LogP contribution is -2.41. The fourth-order valence-corrected chi connectivity index (χ4v) is 4.11. The second-order valence-corrected chi connectivity index (χ2v) is 8.33. The lowest BCUT2D eigenvalue weighted by atomic mass is 9.94. The fourth-order valence-electron chi connectivity index (χ4n) is 4.11. The third-order valence-electron chi connectivity index (χ3n) is 5.93. The largest absolute Gasteiger partial charge is 0.339 e. The molecule has 0 radical (unpaired) electrons. The van der Waals surface area contributed by atoms with E-state index in [0.29, 0.717) is 42.1 Å². The van der Waals surface area contributed by atoms with Crippen LogP contribution in [-0.4, -0.2) is 43.8 Å². The molecule has 7 nitrogen and oxygen atoms in total. The van der Waals surface area contributed by atoms with Crippen molar-refractivity contribution in [1.82, 2.24) is 24.8 Å². The number of nitrogens with zero attached hydrogens (tertiary/aromatic N) is 5. The summed E-state index contributed by atoms with van der Waals surface area (Å²) in [5.74, 6) is 1.96. The van der Waals surface area contributed by atoms with Gasteiger partial charge in [0.25, 0.3) is 5.91 Å². The normalized spacial score (nSPS) is 19.3. The van der Waals surface area contributed by atoms with E-state index in [1.54, 1.807) is 29.9 Å². The van der Waals surface area contributed by atoms with Crippen molar-refractivity contribution in [1.29, 1.82) is 0 Å². The number of hydrogen-bond donors (Lipinski definition) is 0. The molecule has 2 fully saturated rings. The van der Waals surface area contributed by atoms with Gasteiger partial charge in [-0.15, -0.1) is 0 Å². The zero-order valence-corrected chi connectivity index (χ0v) is 16.9. The molecule has 8 heteroatoms. The Morgan fingerprint density at radius 1 is 1.23 bits per heavy atom. The molecule has 1 saturated heterocycles. The summed E-state index contributed by atoms with van der Waals surface area (Å²) in [5, 5.41) is 8.54. The highest BCUT2D eigenvalue weighted by molar-refractivity contribution is 5.93. The minimum Gasteiger partial charge on any atom is -0.339 e. The number of rotatable bonds is 5. The summed E-state index contributed by atoms with van der Waals surface area (Å²) in [4.78, 5) is 19.6. The molecule has 5 rings (SSSR count). The third-order valence-corrected chi connectivity index (χ3v) is 5.93. The topological polar surface area (TPSA) is 77.1 Å². The molecule has 1 saturated carbocycles. The van der Waals surface area contributed by atoms with Crippen molar-refractivity contribution in [3.8, 4) is 11.3 Å². The highest BCUT2D eigenvalue weighted by Gasteiger charge is 2.31. The molecule has 3 heterocycles. The summed E-state index contributed by atoms with van der Waals surface area (Å²) in [6.45, 7) is 1.39. The molecule has 1 aliphatic heterocycles. The first-order chi connectivity index (χ1) is 14.6. The first-order valence-electron chi connectivity index (χ1n) is 10.5. The second kappa shape index (κ2) is 7.66. The predicted octanol–water partition coefficient (Wildman–Crippen LogP) is 3.58. The van der Waals surface area contributed by atoms with Gasteiger partial charge in [0.1, 0.15) is 11.5 Å². The number of benzene rings is 1. The Hall–Kier alpha value is -3.03. The minimum atomic E-state index is -0.296. The fraction of sp³-hybridized carbons (Fsp3) is 0.455. The maximum atomic E-state index is 13.2. The summed E-state index contributed by atoms with van der Waals surface area (Å²) < 4.78 is 20.2. The zero-order chi connectivity index (χ0) is 20.7. The van der Waals surface area contributed by atoms with E-state index < -0.39 is 0 Å². The van der Waals surface area contributed by atoms with Gasteiger partial charge in [0.05, 0.1) is 5.69 Å². The molecule has 2 aromatic heterocycles. The molecule has 1 amide bonds. The molecular formula is C22H24FN5O2. The van der Waals surface area contributed by atoms with Crippen LogP contribution in [0.4, 0.5) is 4.39 Å². The number of carbonyl (C=O) groups excluding carboxylic acids is 1. The summed E-state index contributed by atoms with van der Waals surface area (Å²) in [7, 11) is 1.76. The van der Waals surface area contributed by atoms with Gasteiger partial charge in [-0.2, -0.15) is 10.1 Å². The van der Waals surface area contributed by atoms with Gasteiger partial charge < -0.3 is 9.42 Å². The van der Waals surface area contributed by atoms with Crippen LogP contribution < -0.4 is 0 Å². The zero-order valence-electron chi connectivity index (χ0n) is 16.9. The van der Waals surface area contributed by atoms with Gasteiger partial charge in [0.2, 0.25) is 5.89 Å². The number of aryl methyl sites for hydroxylation is 1. The molecular weight excluding hydrogens is 385 g/mol. The van der Waals surface area contributed by atoms with Crippen molar-refractivity contribution in [3.63, 3.8) is 0 Å². The Kier molecular flexibility index (Phi) is 4.84. The number of piperidine rings is 1. The second-order valence-electron chi connectivity index (χ2n) is 8.33. The summed E-state index contributed by atoms with van der Waals surface area (Å²) >= 11 is 0. The molecule has 30 heavy (non-hydrogen) atoms. The van der Waals surface area contributed by atoms with Crippen LogP contribution in [0.5, 0.6) is 0 Å². The van der Waals surface area contributed by atoms with E-state index in [4.69, 9.17) is 4.52 Å². The molecule has 3 aromatic rings. The molecule has 0 bridgehead atoms. The Bertz CT molecular complexity index is 1050. The van der Waals surface area contributed by atoms with Crippen LogP contribution in [0.3, 0.4) is 0 Å². The monoisotopic (exact) mass is 409 g/mol. The number of likely N-dealkylation sites (tertiary alicyclic amines) is 1. The first kappa shape index (κ1) is 19.0. The average molecular weight is 409 g/mol. The first-order valence-corrected chi connectivity index (χ1v) is 10.5. The molecule has 0 N–H and O–H groups in total. The van der Waals surface area contributed by atoms with Crippen molar-refractivity contribution >= 4 is 5.91 Å². The highest BCUT2D eigenvalue weighted by atomic mass is 19.1. The lowest BCUT2D eigenvalue weighted by molar-refractivity contribution is 0.0657. The van der Waals surface area contributed by atoms with E-state index in [-0.39, 0.29) is 11.7 Å². The van der Waals surface area contributed by atoms with E-state index in [0.717, 1.165) is 43.6 Å². The average Bonchev–Trinajstić information content (AvgIpc) is 3.38. The van der Waals surface area contributed by atoms with E-state index in [9.17, 15) is 9.18 Å². The number of halogens is 1. The molecule has 156 valence electrons. The smallest absolute Gasteiger partial charge is 0.272 e. The van der Waals surface area contributed by atoms with E-state index in [1.807, 2.05) is 4.90 Å². The maximum Gasteiger partial charge on any atom is 0.272 e. The molecule has 1 aromatic carbocycles. The molecule has 1 unspecified atom stereocenters. The maximum absolute atomic E-state index is 13.2. The molecule has 1 atom stereocenters. The van der Waals surface area contributed by atoms with Gasteiger partial charge in [-0.1, -0.05) is 5.16 Å². The summed E-state index contributed by atoms with van der Waals surface area (Å²) in [6, 6.07) is 7.91. The van der Waals surface area contributed by atoms with E-state index >= 15 is 0 Å². The number of hydrogen-bond acceptors (Lipinski definition) is 5. The van der Waals surface area contributed by atoms with Crippen LogP contribution in [0.2, 0.25) is 0 Å². The van der Waals surface area contributed by atoms with Crippen LogP contribution in [0.1, 0.15) is 53.8 Å². The van der Waals surface area contributed by atoms with E-state index in [2.05, 4.69) is 15.2 Å². The third kappa shape index (κ3) is 3.86. The van der Waals surface area contributed by atoms with Crippen LogP contribution in [-0.2, 0) is 13.5 Å². The SMILES string of the molecule is Cn1nc(-c2ccc(F)cc2)cc1C(=O)N1CCCC(Cc2nc(C3CC3)no2)C1. The Morgan fingerprint density at radius 2 is 2.03 bits per heavy atom. The standard InChI is InChI=1S/C22H24FN5O2/c1-27-19(12-18(25-27)15-6-8-17(23)9-7-15)22(29)28-10-2-3-14(13-28)11-20-24-21(26-30-20)16-4-5-16/h6-9,12,14,16H,2-5,10-11,13H2,1H3. The van der Waals surface area contributed by atoms with Crippen LogP contribution in [0, 0.1) is 11.7 Å². The van der Waals surface area contributed by atoms with Crippen molar-refractivity contribution < 1.29 is 13.7 Å². The quantitative estimate of drug-likeness (QED) is 0.644. The Labute approximate surface area is 173 Å². The molecule has 0 spiro atoms. The number of amides is 1. The Balaban J connectivity index is 1.27. The highest BCUT2D eigenvalue weighted by Crippen LogP contribution is 2.38. The van der Waals surface area contributed by atoms with Crippen LogP contribution in [0.15, 0.2) is 34.9 Å². The van der Waals surface area contributed by atoms with Crippen molar-refractivity contribution in [2.45, 2.75) is 38.0 Å². The van der Waals surface area contributed by atoms with Gasteiger partial charge in [-0.25, -0.2) is 4.39 Å². The van der Waals surface area contributed by atoms with Gasteiger partial charge >= 0.3 is 0 Å². The van der Waals surface area contributed by atoms with Gasteiger partial charge in [0, 0.05) is 38.0 Å². The molecule has 2 aliphatic rings. The summed E-state index contributed by atoms with van der Waals surface area (Å²) in [5.41, 5.74) is 1.97. The minimum absolute atomic E-state index is 0.0349. The van der Waals surface area contributed by atoms with E-state index in [1.165, 1.54) is 12.1 Å². The summed E-state index contributed by atoms with van der Waals surface area (Å²) in [6.07, 6.45) is 4.99. The number of aromatic nitrogens is 4. The van der Waals surface area contributed by atoms with Crippen LogP contribution in [0.25, 0.3) is 11.3 Å². The van der Waals surface area contributed by atoms with Gasteiger partial charge in [-0.05, 0) is 61.9 Å². The van der Waals surface area contributed by atoms with Crippen molar-refractivity contribution in [2.24, 2.45) is 13.0 Å². The van der Waals surface area contributed by atoms with Gasteiger partial charge in [0.15, 0.2) is 5.82 Å². The predicted molar refractivity (Wildman–Crippen MR) is 107 cm³/mol. The Morgan fingerprint density at radius 3 is 2.80 bits per heavy atom. The van der Waals surface area contributed by atoms with Crippen molar-refractivity contribution in [2.75, 3.05) is 13.1 Å². The lowest BCUT2D eigenvalue weighted by Gasteiger charge is -2.32. The van der Waals surface area contributed by atoms with Gasteiger partial charge in [-0.3, -0.25) is 9.48 Å².